The number of nitrogens with two attached hydrogens (primary N) is 1. The molecule has 5 heteroatoms. The molecule has 1 atom stereocenters. The Bertz CT molecular complexity index is 550. The Labute approximate surface area is 125 Å². The summed E-state index contributed by atoms with van der Waals surface area (Å²) in [4.78, 5) is 25.6. The van der Waals surface area contributed by atoms with Crippen molar-refractivity contribution in [2.45, 2.75) is 25.8 Å². The van der Waals surface area contributed by atoms with Gasteiger partial charge in [-0.1, -0.05) is 29.8 Å². The van der Waals surface area contributed by atoms with Gasteiger partial charge in [-0.2, -0.15) is 0 Å². The first-order valence-corrected chi connectivity index (χ1v) is 7.18. The van der Waals surface area contributed by atoms with E-state index < -0.39 is 11.3 Å². The minimum absolute atomic E-state index is 0.0672. The molecule has 1 fully saturated rings. The largest absolute Gasteiger partial charge is 0.369 e. The molecule has 0 unspecified atom stereocenters. The highest BCUT2D eigenvalue weighted by atomic mass is 16.2. The Morgan fingerprint density at radius 3 is 2.52 bits per heavy atom. The molecule has 1 aliphatic carbocycles. The van der Waals surface area contributed by atoms with E-state index in [4.69, 9.17) is 5.73 Å². The molecule has 0 aliphatic heterocycles. The summed E-state index contributed by atoms with van der Waals surface area (Å²) in [5.74, 6) is -0.758. The Morgan fingerprint density at radius 1 is 1.38 bits per heavy atom. The van der Waals surface area contributed by atoms with Crippen LogP contribution in [0.1, 0.15) is 30.0 Å². The first-order chi connectivity index (χ1) is 9.86. The maximum Gasteiger partial charge on any atom is 0.235 e. The fraction of sp³-hybridized carbons (Fsp3) is 0.500. The molecule has 114 valence electrons. The van der Waals surface area contributed by atoms with E-state index in [9.17, 15) is 9.59 Å². The number of aryl methyl sites for hydroxylation is 1. The van der Waals surface area contributed by atoms with E-state index in [1.807, 2.05) is 39.2 Å². The third-order valence-electron chi connectivity index (χ3n) is 4.16. The van der Waals surface area contributed by atoms with Crippen molar-refractivity contribution in [2.75, 3.05) is 20.6 Å². The molecule has 1 aromatic rings. The normalized spacial score (nSPS) is 17.3. The van der Waals surface area contributed by atoms with E-state index >= 15 is 0 Å². The number of carbonyl (C=O) groups is 2. The Hall–Kier alpha value is -1.88. The van der Waals surface area contributed by atoms with E-state index in [0.29, 0.717) is 19.4 Å². The van der Waals surface area contributed by atoms with Crippen LogP contribution < -0.4 is 11.1 Å². The van der Waals surface area contributed by atoms with Crippen molar-refractivity contribution in [3.05, 3.63) is 35.4 Å². The van der Waals surface area contributed by atoms with Crippen LogP contribution in [0.5, 0.6) is 0 Å². The second kappa shape index (κ2) is 5.85. The molecule has 0 saturated heterocycles. The lowest BCUT2D eigenvalue weighted by molar-refractivity contribution is -0.135. The van der Waals surface area contributed by atoms with Gasteiger partial charge >= 0.3 is 0 Å². The standard InChI is InChI=1S/C16H23N3O2/c1-11-5-4-6-12(9-11)13(19(2)3)10-18-15(21)16(7-8-16)14(17)20/h4-6,9,13H,7-8,10H2,1-3H3,(H2,17,20)(H,18,21)/t13-/m1/s1. The molecule has 5 nitrogen and oxygen atoms in total. The summed E-state index contributed by atoms with van der Waals surface area (Å²) < 4.78 is 0. The van der Waals surface area contributed by atoms with Gasteiger partial charge in [0.1, 0.15) is 5.41 Å². The summed E-state index contributed by atoms with van der Waals surface area (Å²) in [6.07, 6.45) is 1.12. The Balaban J connectivity index is 2.05. The van der Waals surface area contributed by atoms with Crippen molar-refractivity contribution in [2.24, 2.45) is 11.1 Å². The third kappa shape index (κ3) is 3.24. The van der Waals surface area contributed by atoms with Gasteiger partial charge < -0.3 is 16.0 Å². The number of likely N-dealkylation sites (N-methyl/N-ethyl adjacent to an activating group) is 1. The zero-order valence-electron chi connectivity index (χ0n) is 12.8. The minimum atomic E-state index is -0.955. The molecule has 0 spiro atoms. The molecule has 0 bridgehead atoms. The average molecular weight is 289 g/mol. The van der Waals surface area contributed by atoms with Crippen molar-refractivity contribution in [3.8, 4) is 0 Å². The molecule has 21 heavy (non-hydrogen) atoms. The van der Waals surface area contributed by atoms with Crippen LogP contribution in [-0.2, 0) is 9.59 Å². The van der Waals surface area contributed by atoms with Crippen molar-refractivity contribution < 1.29 is 9.59 Å². The lowest BCUT2D eigenvalue weighted by atomic mass is 10.0. The number of hydrogen-bond donors (Lipinski definition) is 2. The highest BCUT2D eigenvalue weighted by Crippen LogP contribution is 2.45. The summed E-state index contributed by atoms with van der Waals surface area (Å²) >= 11 is 0. The summed E-state index contributed by atoms with van der Waals surface area (Å²) in [6.45, 7) is 2.51. The first-order valence-electron chi connectivity index (χ1n) is 7.18. The maximum absolute atomic E-state index is 12.2. The van der Waals surface area contributed by atoms with Crippen molar-refractivity contribution in [1.82, 2.24) is 10.2 Å². The van der Waals surface area contributed by atoms with E-state index in [-0.39, 0.29) is 11.9 Å². The summed E-state index contributed by atoms with van der Waals surface area (Å²) in [5, 5.41) is 2.88. The predicted octanol–water partition coefficient (Wildman–Crippen LogP) is 0.979. The quantitative estimate of drug-likeness (QED) is 0.767. The molecule has 2 amide bonds. The van der Waals surface area contributed by atoms with E-state index in [1.54, 1.807) is 0 Å². The molecule has 2 rings (SSSR count). The predicted molar refractivity (Wildman–Crippen MR) is 81.5 cm³/mol. The third-order valence-corrected chi connectivity index (χ3v) is 4.16. The van der Waals surface area contributed by atoms with Crippen LogP contribution in [0.15, 0.2) is 24.3 Å². The van der Waals surface area contributed by atoms with Gasteiger partial charge in [-0.25, -0.2) is 0 Å². The molecule has 3 N–H and O–H groups in total. The van der Waals surface area contributed by atoms with E-state index in [2.05, 4.69) is 16.3 Å². The highest BCUT2D eigenvalue weighted by Gasteiger charge is 2.55. The number of hydrogen-bond acceptors (Lipinski definition) is 3. The number of primary amides is 1. The number of benzene rings is 1. The lowest BCUT2D eigenvalue weighted by Crippen LogP contribution is -2.43. The fourth-order valence-electron chi connectivity index (χ4n) is 2.54. The molecule has 1 aromatic carbocycles. The van der Waals surface area contributed by atoms with E-state index in [1.165, 1.54) is 5.56 Å². The Morgan fingerprint density at radius 2 is 2.05 bits per heavy atom. The van der Waals surface area contributed by atoms with Crippen LogP contribution in [0.4, 0.5) is 0 Å². The van der Waals surface area contributed by atoms with Gasteiger partial charge in [0.25, 0.3) is 0 Å². The molecule has 1 saturated carbocycles. The van der Waals surface area contributed by atoms with Gasteiger partial charge in [0, 0.05) is 6.54 Å². The van der Waals surface area contributed by atoms with Gasteiger partial charge in [0.05, 0.1) is 6.04 Å². The second-order valence-electron chi connectivity index (χ2n) is 6.05. The molecule has 0 aromatic heterocycles. The van der Waals surface area contributed by atoms with Gasteiger partial charge in [-0.3, -0.25) is 9.59 Å². The number of carbonyl (C=O) groups excluding carboxylic acids is 2. The molecule has 0 radical (unpaired) electrons. The van der Waals surface area contributed by atoms with Crippen LogP contribution in [0.3, 0.4) is 0 Å². The second-order valence-corrected chi connectivity index (χ2v) is 6.05. The van der Waals surface area contributed by atoms with Gasteiger partial charge in [-0.15, -0.1) is 0 Å². The average Bonchev–Trinajstić information content (AvgIpc) is 3.19. The van der Waals surface area contributed by atoms with E-state index in [0.717, 1.165) is 5.56 Å². The topological polar surface area (TPSA) is 75.4 Å². The summed E-state index contributed by atoms with van der Waals surface area (Å²) in [7, 11) is 3.94. The molecular formula is C16H23N3O2. The molecule has 1 aliphatic rings. The van der Waals surface area contributed by atoms with Crippen LogP contribution in [0, 0.1) is 12.3 Å². The number of nitrogens with one attached hydrogen (secondary N) is 1. The zero-order chi connectivity index (χ0) is 15.6. The Kier molecular flexibility index (Phi) is 4.32. The maximum atomic E-state index is 12.2. The van der Waals surface area contributed by atoms with Gasteiger partial charge in [-0.05, 0) is 39.4 Å². The summed E-state index contributed by atoms with van der Waals surface area (Å²) in [6, 6.07) is 8.27. The van der Waals surface area contributed by atoms with Gasteiger partial charge in [0.2, 0.25) is 11.8 Å². The molecule has 0 heterocycles. The zero-order valence-corrected chi connectivity index (χ0v) is 12.8. The molecular weight excluding hydrogens is 266 g/mol. The van der Waals surface area contributed by atoms with Crippen LogP contribution in [-0.4, -0.2) is 37.4 Å². The monoisotopic (exact) mass is 289 g/mol. The van der Waals surface area contributed by atoms with Crippen molar-refractivity contribution in [1.29, 1.82) is 0 Å². The number of rotatable bonds is 6. The van der Waals surface area contributed by atoms with Crippen LogP contribution in [0.25, 0.3) is 0 Å². The minimum Gasteiger partial charge on any atom is -0.369 e. The van der Waals surface area contributed by atoms with Crippen molar-refractivity contribution >= 4 is 11.8 Å². The lowest BCUT2D eigenvalue weighted by Gasteiger charge is -2.26. The smallest absolute Gasteiger partial charge is 0.235 e. The van der Waals surface area contributed by atoms with Crippen LogP contribution >= 0.6 is 0 Å². The SMILES string of the molecule is Cc1cccc([C@@H](CNC(=O)C2(C(N)=O)CC2)N(C)C)c1. The van der Waals surface area contributed by atoms with Gasteiger partial charge in [0.15, 0.2) is 0 Å². The first kappa shape index (κ1) is 15.5. The number of amides is 2. The summed E-state index contributed by atoms with van der Waals surface area (Å²) in [5.41, 5.74) is 6.69. The highest BCUT2D eigenvalue weighted by molar-refractivity contribution is 6.07. The van der Waals surface area contributed by atoms with Crippen molar-refractivity contribution in [3.63, 3.8) is 0 Å². The fourth-order valence-corrected chi connectivity index (χ4v) is 2.54. The van der Waals surface area contributed by atoms with Crippen LogP contribution in [0.2, 0.25) is 0 Å². The number of nitrogens with zero attached hydrogens (tertiary/aromatic N) is 1.